The highest BCUT2D eigenvalue weighted by molar-refractivity contribution is 6.07. The summed E-state index contributed by atoms with van der Waals surface area (Å²) in [4.78, 5) is 42.8. The van der Waals surface area contributed by atoms with Crippen LogP contribution >= 0.6 is 0 Å². The molecule has 1 fully saturated rings. The standard InChI is InChI=1S/C21H24N4O4/c1-13-15(9-24(4)22-13)19(27)25-10-16(20(28)23(2)3)21(11-25)12-29-17-8-6-5-7-14(17)18(21)26/h5-9,16H,10-12H2,1-4H3/t16-,21-/m1/s1. The van der Waals surface area contributed by atoms with Gasteiger partial charge in [-0.1, -0.05) is 12.1 Å². The molecule has 8 heteroatoms. The number of hydrogen-bond donors (Lipinski definition) is 0. The summed E-state index contributed by atoms with van der Waals surface area (Å²) in [6.45, 7) is 2.15. The van der Waals surface area contributed by atoms with Crippen LogP contribution in [0.15, 0.2) is 30.5 Å². The quantitative estimate of drug-likeness (QED) is 0.760. The predicted octanol–water partition coefficient (Wildman–Crippen LogP) is 1.15. The van der Waals surface area contributed by atoms with Gasteiger partial charge in [0.05, 0.1) is 28.2 Å². The number of aromatic nitrogens is 2. The molecular formula is C21H24N4O4. The zero-order chi connectivity index (χ0) is 20.9. The van der Waals surface area contributed by atoms with Crippen LogP contribution in [0.2, 0.25) is 0 Å². The van der Waals surface area contributed by atoms with Crippen LogP contribution in [0.5, 0.6) is 5.75 Å². The van der Waals surface area contributed by atoms with Crippen molar-refractivity contribution in [2.75, 3.05) is 33.8 Å². The normalized spacial score (nSPS) is 23.1. The number of fused-ring (bicyclic) bond motifs is 1. The fourth-order valence-electron chi connectivity index (χ4n) is 4.37. The lowest BCUT2D eigenvalue weighted by atomic mass is 9.71. The van der Waals surface area contributed by atoms with Crippen molar-refractivity contribution in [3.05, 3.63) is 47.3 Å². The van der Waals surface area contributed by atoms with Gasteiger partial charge in [-0.05, 0) is 19.1 Å². The molecule has 0 aliphatic carbocycles. The first-order chi connectivity index (χ1) is 13.7. The summed E-state index contributed by atoms with van der Waals surface area (Å²) in [7, 11) is 5.07. The average Bonchev–Trinajstić information content (AvgIpc) is 3.24. The molecule has 2 atom stereocenters. The third-order valence-electron chi connectivity index (χ3n) is 5.88. The van der Waals surface area contributed by atoms with Crippen molar-refractivity contribution < 1.29 is 19.1 Å². The van der Waals surface area contributed by atoms with E-state index in [-0.39, 0.29) is 37.3 Å². The van der Waals surface area contributed by atoms with Crippen LogP contribution in [0.4, 0.5) is 0 Å². The highest BCUT2D eigenvalue weighted by atomic mass is 16.5. The lowest BCUT2D eigenvalue weighted by molar-refractivity contribution is -0.135. The fraction of sp³-hybridized carbons (Fsp3) is 0.429. The molecule has 2 aliphatic rings. The topological polar surface area (TPSA) is 84.7 Å². The molecule has 29 heavy (non-hydrogen) atoms. The molecule has 0 bridgehead atoms. The second kappa shape index (κ2) is 6.72. The van der Waals surface area contributed by atoms with Gasteiger partial charge in [0, 0.05) is 40.4 Å². The van der Waals surface area contributed by atoms with E-state index < -0.39 is 11.3 Å². The Labute approximate surface area is 169 Å². The van der Waals surface area contributed by atoms with E-state index in [1.165, 1.54) is 4.90 Å². The predicted molar refractivity (Wildman–Crippen MR) is 105 cm³/mol. The molecule has 8 nitrogen and oxygen atoms in total. The first-order valence-corrected chi connectivity index (χ1v) is 9.52. The van der Waals surface area contributed by atoms with Crippen LogP contribution in [0.25, 0.3) is 0 Å². The van der Waals surface area contributed by atoms with Crippen LogP contribution in [0, 0.1) is 18.3 Å². The third-order valence-corrected chi connectivity index (χ3v) is 5.88. The first-order valence-electron chi connectivity index (χ1n) is 9.52. The highest BCUT2D eigenvalue weighted by Gasteiger charge is 2.59. The molecular weight excluding hydrogens is 372 g/mol. The number of hydrogen-bond acceptors (Lipinski definition) is 5. The molecule has 0 saturated carbocycles. The molecule has 3 heterocycles. The number of carbonyl (C=O) groups excluding carboxylic acids is 3. The average molecular weight is 396 g/mol. The Morgan fingerprint density at radius 3 is 2.66 bits per heavy atom. The zero-order valence-corrected chi connectivity index (χ0v) is 17.0. The molecule has 1 saturated heterocycles. The van der Waals surface area contributed by atoms with Gasteiger partial charge in [0.2, 0.25) is 5.91 Å². The van der Waals surface area contributed by atoms with Crippen molar-refractivity contribution in [1.82, 2.24) is 19.6 Å². The largest absolute Gasteiger partial charge is 0.492 e. The lowest BCUT2D eigenvalue weighted by Crippen LogP contribution is -2.51. The van der Waals surface area contributed by atoms with E-state index in [2.05, 4.69) is 5.10 Å². The van der Waals surface area contributed by atoms with Crippen molar-refractivity contribution in [2.24, 2.45) is 18.4 Å². The first kappa shape index (κ1) is 19.2. The maximum atomic E-state index is 13.5. The monoisotopic (exact) mass is 396 g/mol. The third kappa shape index (κ3) is 2.90. The molecule has 0 radical (unpaired) electrons. The summed E-state index contributed by atoms with van der Waals surface area (Å²) in [5.74, 6) is -0.695. The van der Waals surface area contributed by atoms with Crippen LogP contribution < -0.4 is 4.74 Å². The minimum absolute atomic E-state index is 0.0723. The van der Waals surface area contributed by atoms with E-state index in [0.29, 0.717) is 22.6 Å². The molecule has 4 rings (SSSR count). The van der Waals surface area contributed by atoms with Gasteiger partial charge in [-0.25, -0.2) is 0 Å². The van der Waals surface area contributed by atoms with Crippen LogP contribution in [0.1, 0.15) is 26.4 Å². The Morgan fingerprint density at radius 1 is 1.28 bits per heavy atom. The molecule has 2 aromatic rings. The SMILES string of the molecule is Cc1nn(C)cc1C(=O)N1C[C@H](C(=O)N(C)C)[C@]2(COc3ccccc3C2=O)C1. The molecule has 1 aromatic heterocycles. The molecule has 152 valence electrons. The van der Waals surface area contributed by atoms with Crippen LogP contribution in [-0.2, 0) is 11.8 Å². The second-order valence-electron chi connectivity index (χ2n) is 8.04. The summed E-state index contributed by atoms with van der Waals surface area (Å²) in [6.07, 6.45) is 1.67. The lowest BCUT2D eigenvalue weighted by Gasteiger charge is -2.37. The van der Waals surface area contributed by atoms with Crippen molar-refractivity contribution in [3.63, 3.8) is 0 Å². The molecule has 1 aromatic carbocycles. The molecule has 0 unspecified atom stereocenters. The van der Waals surface area contributed by atoms with Gasteiger partial charge in [-0.2, -0.15) is 5.10 Å². The molecule has 2 amide bonds. The van der Waals surface area contributed by atoms with Crippen molar-refractivity contribution in [2.45, 2.75) is 6.92 Å². The number of rotatable bonds is 2. The molecule has 2 aliphatic heterocycles. The van der Waals surface area contributed by atoms with E-state index in [1.807, 2.05) is 6.07 Å². The van der Waals surface area contributed by atoms with Gasteiger partial charge in [0.25, 0.3) is 5.91 Å². The number of benzene rings is 1. The van der Waals surface area contributed by atoms with Crippen molar-refractivity contribution >= 4 is 17.6 Å². The van der Waals surface area contributed by atoms with Gasteiger partial charge >= 0.3 is 0 Å². The number of para-hydroxylation sites is 1. The summed E-state index contributed by atoms with van der Waals surface area (Å²) in [6, 6.07) is 7.05. The highest BCUT2D eigenvalue weighted by Crippen LogP contribution is 2.45. The van der Waals surface area contributed by atoms with Gasteiger partial charge in [-0.3, -0.25) is 19.1 Å². The Hall–Kier alpha value is -3.16. The number of carbonyl (C=O) groups is 3. The number of amides is 2. The Kier molecular flexibility index (Phi) is 4.44. The summed E-state index contributed by atoms with van der Waals surface area (Å²) in [5.41, 5.74) is 0.458. The van der Waals surface area contributed by atoms with Crippen LogP contribution in [-0.4, -0.2) is 71.0 Å². The number of aryl methyl sites for hydroxylation is 2. The van der Waals surface area contributed by atoms with Crippen molar-refractivity contribution in [1.29, 1.82) is 0 Å². The molecule has 0 N–H and O–H groups in total. The van der Waals surface area contributed by atoms with E-state index in [1.54, 1.807) is 62.0 Å². The van der Waals surface area contributed by atoms with Gasteiger partial charge in [0.1, 0.15) is 12.4 Å². The summed E-state index contributed by atoms with van der Waals surface area (Å²) in [5, 5.41) is 4.24. The smallest absolute Gasteiger partial charge is 0.257 e. The maximum Gasteiger partial charge on any atom is 0.257 e. The maximum absolute atomic E-state index is 13.5. The number of ketones is 1. The van der Waals surface area contributed by atoms with Gasteiger partial charge in [0.15, 0.2) is 5.78 Å². The second-order valence-corrected chi connectivity index (χ2v) is 8.04. The van der Waals surface area contributed by atoms with Crippen molar-refractivity contribution in [3.8, 4) is 5.75 Å². The number of Topliss-reactive ketones (excluding diaryl/α,β-unsaturated/α-hetero) is 1. The zero-order valence-electron chi connectivity index (χ0n) is 17.0. The Morgan fingerprint density at radius 2 is 2.00 bits per heavy atom. The Bertz CT molecular complexity index is 1010. The minimum Gasteiger partial charge on any atom is -0.492 e. The summed E-state index contributed by atoms with van der Waals surface area (Å²) >= 11 is 0. The fourth-order valence-corrected chi connectivity index (χ4v) is 4.37. The van der Waals surface area contributed by atoms with E-state index >= 15 is 0 Å². The number of nitrogens with zero attached hydrogens (tertiary/aromatic N) is 4. The van der Waals surface area contributed by atoms with E-state index in [4.69, 9.17) is 4.74 Å². The summed E-state index contributed by atoms with van der Waals surface area (Å²) < 4.78 is 7.49. The van der Waals surface area contributed by atoms with E-state index in [9.17, 15) is 14.4 Å². The van der Waals surface area contributed by atoms with Crippen LogP contribution in [0.3, 0.4) is 0 Å². The van der Waals surface area contributed by atoms with Gasteiger partial charge in [-0.15, -0.1) is 0 Å². The number of ether oxygens (including phenoxy) is 1. The van der Waals surface area contributed by atoms with Gasteiger partial charge < -0.3 is 14.5 Å². The minimum atomic E-state index is -1.10. The van der Waals surface area contributed by atoms with E-state index in [0.717, 1.165) is 0 Å². The Balaban J connectivity index is 1.74. The molecule has 1 spiro atoms. The number of likely N-dealkylation sites (tertiary alicyclic amines) is 1.